The fourth-order valence-electron chi connectivity index (χ4n) is 1.83. The van der Waals surface area contributed by atoms with E-state index in [1.54, 1.807) is 11.8 Å². The smallest absolute Gasteiger partial charge is 0.325 e. The molecule has 1 heterocycles. The van der Waals surface area contributed by atoms with Crippen LogP contribution in [0, 0.1) is 0 Å². The molecule has 1 aromatic rings. The predicted molar refractivity (Wildman–Crippen MR) is 70.0 cm³/mol. The highest BCUT2D eigenvalue weighted by Gasteiger charge is 2.36. The number of hydrogen-bond donors (Lipinski definition) is 0. The number of ether oxygens (including phenoxy) is 1. The summed E-state index contributed by atoms with van der Waals surface area (Å²) in [6.07, 6.45) is 2.55. The van der Waals surface area contributed by atoms with Crippen LogP contribution in [0.4, 0.5) is 0 Å². The Labute approximate surface area is 115 Å². The van der Waals surface area contributed by atoms with Crippen molar-refractivity contribution in [2.75, 3.05) is 13.2 Å². The summed E-state index contributed by atoms with van der Waals surface area (Å²) in [6, 6.07) is 0.156. The molecule has 1 aromatic heterocycles. The molecule has 0 aromatic carbocycles. The highest BCUT2D eigenvalue weighted by molar-refractivity contribution is 7.08. The zero-order valence-electron chi connectivity index (χ0n) is 11.1. The van der Waals surface area contributed by atoms with Crippen molar-refractivity contribution in [3.05, 3.63) is 10.6 Å². The SMILES string of the molecule is CCOC(=O)CN(C(=O)c1snnc1CC)C1CC1. The lowest BCUT2D eigenvalue weighted by atomic mass is 10.2. The Morgan fingerprint density at radius 3 is 2.74 bits per heavy atom. The molecule has 19 heavy (non-hydrogen) atoms. The van der Waals surface area contributed by atoms with Gasteiger partial charge in [-0.25, -0.2) is 0 Å². The first kappa shape index (κ1) is 13.9. The molecule has 0 spiro atoms. The summed E-state index contributed by atoms with van der Waals surface area (Å²) < 4.78 is 8.73. The molecule has 2 rings (SSSR count). The van der Waals surface area contributed by atoms with Crippen molar-refractivity contribution >= 4 is 23.4 Å². The lowest BCUT2D eigenvalue weighted by Gasteiger charge is -2.20. The normalized spacial score (nSPS) is 14.2. The minimum Gasteiger partial charge on any atom is -0.465 e. The standard InChI is InChI=1S/C12H17N3O3S/c1-3-9-11(19-14-13-9)12(17)15(8-5-6-8)7-10(16)18-4-2/h8H,3-7H2,1-2H3. The molecular formula is C12H17N3O3S. The van der Waals surface area contributed by atoms with Gasteiger partial charge >= 0.3 is 5.97 Å². The van der Waals surface area contributed by atoms with Crippen LogP contribution < -0.4 is 0 Å². The van der Waals surface area contributed by atoms with E-state index in [9.17, 15) is 9.59 Å². The molecule has 0 radical (unpaired) electrons. The molecule has 1 aliphatic rings. The van der Waals surface area contributed by atoms with Crippen molar-refractivity contribution in [2.24, 2.45) is 0 Å². The number of carbonyl (C=O) groups excluding carboxylic acids is 2. The van der Waals surface area contributed by atoms with E-state index in [1.807, 2.05) is 6.92 Å². The van der Waals surface area contributed by atoms with Crippen LogP contribution in [0.5, 0.6) is 0 Å². The van der Waals surface area contributed by atoms with Gasteiger partial charge in [-0.2, -0.15) is 0 Å². The summed E-state index contributed by atoms with van der Waals surface area (Å²) in [7, 11) is 0. The lowest BCUT2D eigenvalue weighted by molar-refractivity contribution is -0.143. The van der Waals surface area contributed by atoms with E-state index in [4.69, 9.17) is 4.74 Å². The molecule has 1 fully saturated rings. The second kappa shape index (κ2) is 6.10. The maximum Gasteiger partial charge on any atom is 0.325 e. The molecule has 0 bridgehead atoms. The summed E-state index contributed by atoms with van der Waals surface area (Å²) in [5.41, 5.74) is 0.699. The van der Waals surface area contributed by atoms with Gasteiger partial charge in [-0.3, -0.25) is 9.59 Å². The molecule has 0 atom stereocenters. The Bertz CT molecular complexity index is 471. The summed E-state index contributed by atoms with van der Waals surface area (Å²) >= 11 is 1.09. The van der Waals surface area contributed by atoms with Gasteiger partial charge in [0.1, 0.15) is 11.4 Å². The lowest BCUT2D eigenvalue weighted by Crippen LogP contribution is -2.38. The van der Waals surface area contributed by atoms with Crippen molar-refractivity contribution < 1.29 is 14.3 Å². The zero-order chi connectivity index (χ0) is 13.8. The van der Waals surface area contributed by atoms with Crippen LogP contribution in [-0.4, -0.2) is 45.6 Å². The fraction of sp³-hybridized carbons (Fsp3) is 0.667. The maximum absolute atomic E-state index is 12.5. The molecule has 1 aliphatic carbocycles. The third-order valence-corrected chi connectivity index (χ3v) is 3.69. The Kier molecular flexibility index (Phi) is 4.47. The first-order valence-corrected chi connectivity index (χ1v) is 7.22. The van der Waals surface area contributed by atoms with Crippen molar-refractivity contribution in [1.82, 2.24) is 14.5 Å². The Morgan fingerprint density at radius 2 is 2.16 bits per heavy atom. The summed E-state index contributed by atoms with van der Waals surface area (Å²) in [5.74, 6) is -0.513. The maximum atomic E-state index is 12.5. The van der Waals surface area contributed by atoms with Crippen LogP contribution in [-0.2, 0) is 16.0 Å². The van der Waals surface area contributed by atoms with E-state index in [-0.39, 0.29) is 24.5 Å². The first-order valence-electron chi connectivity index (χ1n) is 6.45. The molecular weight excluding hydrogens is 266 g/mol. The van der Waals surface area contributed by atoms with Gasteiger partial charge in [0.2, 0.25) is 0 Å². The summed E-state index contributed by atoms with van der Waals surface area (Å²) in [6.45, 7) is 4.02. The summed E-state index contributed by atoms with van der Waals surface area (Å²) in [5, 5.41) is 3.94. The fourth-order valence-corrected chi connectivity index (χ4v) is 2.54. The Balaban J connectivity index is 2.10. The third-order valence-electron chi connectivity index (χ3n) is 2.94. The number of aryl methyl sites for hydroxylation is 1. The minimum atomic E-state index is -0.363. The molecule has 6 nitrogen and oxygen atoms in total. The largest absolute Gasteiger partial charge is 0.465 e. The number of rotatable bonds is 6. The number of hydrogen-bond acceptors (Lipinski definition) is 6. The number of nitrogens with zero attached hydrogens (tertiary/aromatic N) is 3. The molecule has 0 unspecified atom stereocenters. The highest BCUT2D eigenvalue weighted by atomic mass is 32.1. The van der Waals surface area contributed by atoms with E-state index in [0.717, 1.165) is 24.4 Å². The van der Waals surface area contributed by atoms with Crippen molar-refractivity contribution in [1.29, 1.82) is 0 Å². The van der Waals surface area contributed by atoms with E-state index in [1.165, 1.54) is 0 Å². The van der Waals surface area contributed by atoms with Gasteiger partial charge in [0, 0.05) is 6.04 Å². The molecule has 0 aliphatic heterocycles. The van der Waals surface area contributed by atoms with E-state index in [0.29, 0.717) is 23.6 Å². The number of amides is 1. The van der Waals surface area contributed by atoms with Gasteiger partial charge in [-0.15, -0.1) is 5.10 Å². The van der Waals surface area contributed by atoms with Crippen LogP contribution in [0.25, 0.3) is 0 Å². The van der Waals surface area contributed by atoms with Crippen LogP contribution in [0.2, 0.25) is 0 Å². The van der Waals surface area contributed by atoms with Gasteiger partial charge in [0.05, 0.1) is 12.3 Å². The van der Waals surface area contributed by atoms with Gasteiger partial charge < -0.3 is 9.64 Å². The number of carbonyl (C=O) groups is 2. The molecule has 1 saturated carbocycles. The van der Waals surface area contributed by atoms with E-state index in [2.05, 4.69) is 9.59 Å². The molecule has 1 amide bonds. The predicted octanol–water partition coefficient (Wildman–Crippen LogP) is 1.27. The van der Waals surface area contributed by atoms with Crippen molar-refractivity contribution in [3.8, 4) is 0 Å². The Hall–Kier alpha value is -1.50. The minimum absolute atomic E-state index is 0.0123. The van der Waals surface area contributed by atoms with Gasteiger partial charge in [-0.1, -0.05) is 11.4 Å². The first-order chi connectivity index (χ1) is 9.17. The van der Waals surface area contributed by atoms with Crippen LogP contribution >= 0.6 is 11.5 Å². The second-order valence-corrected chi connectivity index (χ2v) is 5.13. The Morgan fingerprint density at radius 1 is 1.42 bits per heavy atom. The molecule has 0 N–H and O–H groups in total. The third kappa shape index (κ3) is 3.28. The molecule has 0 saturated heterocycles. The van der Waals surface area contributed by atoms with Crippen LogP contribution in [0.15, 0.2) is 0 Å². The quantitative estimate of drug-likeness (QED) is 0.735. The van der Waals surface area contributed by atoms with E-state index >= 15 is 0 Å². The zero-order valence-corrected chi connectivity index (χ0v) is 11.9. The van der Waals surface area contributed by atoms with Gasteiger partial charge in [0.25, 0.3) is 5.91 Å². The topological polar surface area (TPSA) is 72.4 Å². The average molecular weight is 283 g/mol. The molecule has 7 heteroatoms. The number of esters is 1. The van der Waals surface area contributed by atoms with Crippen LogP contribution in [0.1, 0.15) is 42.1 Å². The average Bonchev–Trinajstić information content (AvgIpc) is 3.12. The highest BCUT2D eigenvalue weighted by Crippen LogP contribution is 2.29. The monoisotopic (exact) mass is 283 g/mol. The van der Waals surface area contributed by atoms with Gasteiger partial charge in [0.15, 0.2) is 0 Å². The summed E-state index contributed by atoms with van der Waals surface area (Å²) in [4.78, 5) is 26.2. The molecule has 104 valence electrons. The van der Waals surface area contributed by atoms with Crippen LogP contribution in [0.3, 0.4) is 0 Å². The van der Waals surface area contributed by atoms with Crippen molar-refractivity contribution in [2.45, 2.75) is 39.2 Å². The van der Waals surface area contributed by atoms with Crippen molar-refractivity contribution in [3.63, 3.8) is 0 Å². The second-order valence-electron chi connectivity index (χ2n) is 4.37. The van der Waals surface area contributed by atoms with Gasteiger partial charge in [-0.05, 0) is 37.7 Å². The number of aromatic nitrogens is 2. The van der Waals surface area contributed by atoms with E-state index < -0.39 is 0 Å².